The lowest BCUT2D eigenvalue weighted by molar-refractivity contribution is -0.143. The fourth-order valence-electron chi connectivity index (χ4n) is 3.04. The van der Waals surface area contributed by atoms with Crippen molar-refractivity contribution in [1.29, 1.82) is 0 Å². The summed E-state index contributed by atoms with van der Waals surface area (Å²) in [5.74, 6) is 0.649. The minimum absolute atomic E-state index is 0.0986. The molecule has 168 valence electrons. The van der Waals surface area contributed by atoms with Crippen molar-refractivity contribution in [2.24, 2.45) is 0 Å². The zero-order chi connectivity index (χ0) is 22.8. The summed E-state index contributed by atoms with van der Waals surface area (Å²) in [6, 6.07) is 11.4. The van der Waals surface area contributed by atoms with Gasteiger partial charge in [0.15, 0.2) is 6.61 Å². The molecule has 8 heteroatoms. The zero-order valence-corrected chi connectivity index (χ0v) is 19.5. The monoisotopic (exact) mass is 466 g/mol. The molecule has 2 rings (SSSR count). The van der Waals surface area contributed by atoms with Crippen LogP contribution < -0.4 is 14.8 Å². The molecule has 0 aromatic heterocycles. The number of ether oxygens (including phenoxy) is 2. The Morgan fingerprint density at radius 3 is 2.19 bits per heavy atom. The molecule has 0 spiro atoms. The Morgan fingerprint density at radius 1 is 1.03 bits per heavy atom. The molecule has 0 unspecified atom stereocenters. The summed E-state index contributed by atoms with van der Waals surface area (Å²) in [4.78, 5) is 27.4. The van der Waals surface area contributed by atoms with Gasteiger partial charge in [-0.05, 0) is 49.2 Å². The molecule has 6 nitrogen and oxygen atoms in total. The van der Waals surface area contributed by atoms with E-state index in [4.69, 9.17) is 32.7 Å². The maximum atomic E-state index is 13.2. The van der Waals surface area contributed by atoms with E-state index in [1.165, 1.54) is 4.90 Å². The highest BCUT2D eigenvalue weighted by molar-refractivity contribution is 6.36. The third-order valence-corrected chi connectivity index (χ3v) is 5.46. The number of nitrogens with zero attached hydrogens (tertiary/aromatic N) is 1. The van der Waals surface area contributed by atoms with Crippen LogP contribution in [0.2, 0.25) is 10.0 Å². The Labute approximate surface area is 193 Å². The van der Waals surface area contributed by atoms with Crippen molar-refractivity contribution in [1.82, 2.24) is 10.2 Å². The molecule has 0 fully saturated rings. The van der Waals surface area contributed by atoms with Gasteiger partial charge in [0.25, 0.3) is 5.91 Å². The van der Waals surface area contributed by atoms with Gasteiger partial charge in [-0.15, -0.1) is 0 Å². The second-order valence-corrected chi connectivity index (χ2v) is 7.72. The van der Waals surface area contributed by atoms with Crippen molar-refractivity contribution in [3.63, 3.8) is 0 Å². The van der Waals surface area contributed by atoms with Crippen molar-refractivity contribution in [3.05, 3.63) is 58.1 Å². The number of rotatable bonds is 11. The number of carbonyl (C=O) groups is 2. The quantitative estimate of drug-likeness (QED) is 0.520. The van der Waals surface area contributed by atoms with Crippen molar-refractivity contribution >= 4 is 35.0 Å². The third kappa shape index (κ3) is 7.04. The molecular formula is C23H28Cl2N2O4. The van der Waals surface area contributed by atoms with E-state index in [2.05, 4.69) is 5.32 Å². The molecule has 0 heterocycles. The Bertz CT molecular complexity index is 854. The first kappa shape index (κ1) is 24.8. The predicted octanol–water partition coefficient (Wildman–Crippen LogP) is 4.71. The number of hydrogen-bond donors (Lipinski definition) is 1. The molecule has 0 saturated carbocycles. The maximum absolute atomic E-state index is 13.2. The van der Waals surface area contributed by atoms with E-state index in [1.54, 1.807) is 49.6 Å². The smallest absolute Gasteiger partial charge is 0.261 e. The van der Waals surface area contributed by atoms with Crippen molar-refractivity contribution < 1.29 is 19.1 Å². The average molecular weight is 467 g/mol. The summed E-state index contributed by atoms with van der Waals surface area (Å²) >= 11 is 12.6. The van der Waals surface area contributed by atoms with Gasteiger partial charge in [-0.2, -0.15) is 0 Å². The van der Waals surface area contributed by atoms with E-state index < -0.39 is 6.04 Å². The SMILES string of the molecule is CCCNC(=O)[C@@H](CC)N(Cc1c(Cl)cccc1Cl)C(=O)COc1ccc(OC)cc1. The van der Waals surface area contributed by atoms with Crippen LogP contribution in [-0.4, -0.2) is 43.0 Å². The summed E-state index contributed by atoms with van der Waals surface area (Å²) in [5, 5.41) is 3.74. The largest absolute Gasteiger partial charge is 0.497 e. The fourth-order valence-corrected chi connectivity index (χ4v) is 3.56. The molecule has 1 atom stereocenters. The minimum atomic E-state index is -0.675. The molecule has 0 saturated heterocycles. The second-order valence-electron chi connectivity index (χ2n) is 6.90. The molecule has 2 aromatic rings. The average Bonchev–Trinajstić information content (AvgIpc) is 2.78. The van der Waals surface area contributed by atoms with Crippen LogP contribution in [0.25, 0.3) is 0 Å². The van der Waals surface area contributed by atoms with Gasteiger partial charge >= 0.3 is 0 Å². The molecule has 31 heavy (non-hydrogen) atoms. The molecule has 0 aliphatic carbocycles. The normalized spacial score (nSPS) is 11.5. The van der Waals surface area contributed by atoms with E-state index in [0.717, 1.165) is 6.42 Å². The van der Waals surface area contributed by atoms with Gasteiger partial charge in [0.2, 0.25) is 5.91 Å². The first-order valence-electron chi connectivity index (χ1n) is 10.2. The lowest BCUT2D eigenvalue weighted by atomic mass is 10.1. The molecule has 0 radical (unpaired) electrons. The van der Waals surface area contributed by atoms with Crippen LogP contribution in [0.15, 0.2) is 42.5 Å². The van der Waals surface area contributed by atoms with Gasteiger partial charge < -0.3 is 19.7 Å². The van der Waals surface area contributed by atoms with E-state index in [1.807, 2.05) is 13.8 Å². The van der Waals surface area contributed by atoms with Crippen LogP contribution in [-0.2, 0) is 16.1 Å². The topological polar surface area (TPSA) is 67.9 Å². The standard InChI is InChI=1S/C23H28Cl2N2O4/c1-4-13-26-23(29)21(5-2)27(14-18-19(24)7-6-8-20(18)25)22(28)15-31-17-11-9-16(30-3)10-12-17/h6-12,21H,4-5,13-15H2,1-3H3,(H,26,29)/t21-/m1/s1. The number of halogens is 2. The summed E-state index contributed by atoms with van der Waals surface area (Å²) in [7, 11) is 1.57. The van der Waals surface area contributed by atoms with Crippen molar-refractivity contribution in [3.8, 4) is 11.5 Å². The second kappa shape index (κ2) is 12.4. The van der Waals surface area contributed by atoms with E-state index >= 15 is 0 Å². The van der Waals surface area contributed by atoms with E-state index in [0.29, 0.717) is 40.1 Å². The molecule has 0 aliphatic rings. The zero-order valence-electron chi connectivity index (χ0n) is 18.0. The number of benzene rings is 2. The number of hydrogen-bond acceptors (Lipinski definition) is 4. The third-order valence-electron chi connectivity index (χ3n) is 4.75. The summed E-state index contributed by atoms with van der Waals surface area (Å²) < 4.78 is 10.8. The first-order valence-corrected chi connectivity index (χ1v) is 10.9. The van der Waals surface area contributed by atoms with Gasteiger partial charge in [-0.3, -0.25) is 9.59 Å². The minimum Gasteiger partial charge on any atom is -0.497 e. The van der Waals surface area contributed by atoms with Gasteiger partial charge in [0, 0.05) is 28.7 Å². The highest BCUT2D eigenvalue weighted by atomic mass is 35.5. The van der Waals surface area contributed by atoms with Crippen molar-refractivity contribution in [2.45, 2.75) is 39.3 Å². The van der Waals surface area contributed by atoms with Crippen LogP contribution in [0.5, 0.6) is 11.5 Å². The molecular weight excluding hydrogens is 439 g/mol. The Morgan fingerprint density at radius 2 is 1.65 bits per heavy atom. The van der Waals surface area contributed by atoms with Gasteiger partial charge in [-0.1, -0.05) is 43.1 Å². The first-order chi connectivity index (χ1) is 14.9. The van der Waals surface area contributed by atoms with Crippen molar-refractivity contribution in [2.75, 3.05) is 20.3 Å². The molecule has 0 bridgehead atoms. The van der Waals surface area contributed by atoms with Crippen LogP contribution in [0.3, 0.4) is 0 Å². The lowest BCUT2D eigenvalue weighted by Gasteiger charge is -2.31. The van der Waals surface area contributed by atoms with Crippen LogP contribution in [0.4, 0.5) is 0 Å². The van der Waals surface area contributed by atoms with Gasteiger partial charge in [-0.25, -0.2) is 0 Å². The molecule has 1 N–H and O–H groups in total. The summed E-state index contributed by atoms with van der Waals surface area (Å²) in [6.07, 6.45) is 1.24. The van der Waals surface area contributed by atoms with E-state index in [-0.39, 0.29) is 25.0 Å². The van der Waals surface area contributed by atoms with Crippen LogP contribution >= 0.6 is 23.2 Å². The number of methoxy groups -OCH3 is 1. The maximum Gasteiger partial charge on any atom is 0.261 e. The molecule has 0 aliphatic heterocycles. The van der Waals surface area contributed by atoms with Gasteiger partial charge in [0.1, 0.15) is 17.5 Å². The van der Waals surface area contributed by atoms with E-state index in [9.17, 15) is 9.59 Å². The molecule has 2 aromatic carbocycles. The molecule has 2 amide bonds. The summed E-state index contributed by atoms with van der Waals surface area (Å²) in [6.45, 7) is 4.23. The number of carbonyl (C=O) groups excluding carboxylic acids is 2. The Balaban J connectivity index is 2.23. The Hall–Kier alpha value is -2.44. The lowest BCUT2D eigenvalue weighted by Crippen LogP contribution is -2.50. The highest BCUT2D eigenvalue weighted by Crippen LogP contribution is 2.27. The van der Waals surface area contributed by atoms with Crippen LogP contribution in [0.1, 0.15) is 32.3 Å². The summed E-state index contributed by atoms with van der Waals surface area (Å²) in [5.41, 5.74) is 0.588. The van der Waals surface area contributed by atoms with Gasteiger partial charge in [0.05, 0.1) is 7.11 Å². The highest BCUT2D eigenvalue weighted by Gasteiger charge is 2.29. The Kier molecular flexibility index (Phi) is 9.95. The number of nitrogens with one attached hydrogen (secondary N) is 1. The van der Waals surface area contributed by atoms with Crippen LogP contribution in [0, 0.1) is 0 Å². The predicted molar refractivity (Wildman–Crippen MR) is 123 cm³/mol. The number of amides is 2. The fraction of sp³-hybridized carbons (Fsp3) is 0.391.